The molecule has 2 amide bonds. The molecule has 0 aliphatic heterocycles. The summed E-state index contributed by atoms with van der Waals surface area (Å²) in [5.74, 6) is 0.433. The second-order valence-corrected chi connectivity index (χ2v) is 13.0. The Morgan fingerprint density at radius 3 is 1.61 bits per heavy atom. The van der Waals surface area contributed by atoms with E-state index < -0.39 is 0 Å². The summed E-state index contributed by atoms with van der Waals surface area (Å²) in [6.45, 7) is 11.3. The van der Waals surface area contributed by atoms with E-state index in [-0.39, 0.29) is 11.8 Å². The Morgan fingerprint density at radius 1 is 0.727 bits per heavy atom. The van der Waals surface area contributed by atoms with Crippen molar-refractivity contribution in [2.45, 2.75) is 64.2 Å². The molecule has 1 aliphatic carbocycles. The summed E-state index contributed by atoms with van der Waals surface area (Å²) in [4.78, 5) is 22.7. The largest absolute Gasteiger partial charge is 0.334 e. The summed E-state index contributed by atoms with van der Waals surface area (Å²) in [5, 5.41) is 33.6. The molecule has 2 aromatic carbocycles. The molecule has 12 heteroatoms. The fourth-order valence-corrected chi connectivity index (χ4v) is 7.22. The summed E-state index contributed by atoms with van der Waals surface area (Å²) >= 11 is 3.15. The minimum atomic E-state index is -0.0986. The van der Waals surface area contributed by atoms with E-state index in [1.807, 2.05) is 48.5 Å². The van der Waals surface area contributed by atoms with Gasteiger partial charge < -0.3 is 21.3 Å². The van der Waals surface area contributed by atoms with Crippen LogP contribution in [0.5, 0.6) is 0 Å². The van der Waals surface area contributed by atoms with E-state index >= 15 is 0 Å². The molecule has 0 saturated heterocycles. The number of benzene rings is 2. The number of hydrogen-bond acceptors (Lipinski definition) is 10. The third kappa shape index (κ3) is 8.80. The lowest BCUT2D eigenvalue weighted by atomic mass is 9.82. The fourth-order valence-electron chi connectivity index (χ4n) is 5.35. The summed E-state index contributed by atoms with van der Waals surface area (Å²) in [5.41, 5.74) is 5.23. The van der Waals surface area contributed by atoms with Gasteiger partial charge in [-0.05, 0) is 54.7 Å². The number of nitrogens with zero attached hydrogens (tertiary/aromatic N) is 4. The van der Waals surface area contributed by atoms with Crippen molar-refractivity contribution in [1.82, 2.24) is 20.4 Å². The van der Waals surface area contributed by atoms with Gasteiger partial charge in [0.05, 0.1) is 0 Å². The van der Waals surface area contributed by atoms with E-state index in [2.05, 4.69) is 54.8 Å². The van der Waals surface area contributed by atoms with Crippen molar-refractivity contribution >= 4 is 56.1 Å². The Kier molecular flexibility index (Phi) is 10.1. The highest BCUT2D eigenvalue weighted by molar-refractivity contribution is 7.15. The van der Waals surface area contributed by atoms with Gasteiger partial charge in [0.2, 0.25) is 22.1 Å². The molecule has 228 valence electrons. The van der Waals surface area contributed by atoms with E-state index in [4.69, 9.17) is 0 Å². The van der Waals surface area contributed by atoms with Crippen LogP contribution in [0, 0.1) is 0 Å². The number of amides is 2. The van der Waals surface area contributed by atoms with Crippen LogP contribution in [-0.4, -0.2) is 32.2 Å². The third-order valence-corrected chi connectivity index (χ3v) is 9.15. The number of carbonyl (C=O) groups is 2. The van der Waals surface area contributed by atoms with Crippen molar-refractivity contribution in [3.63, 3.8) is 0 Å². The standard InChI is InChI=1S/C32H36N8O2S2/c1-19(14-23-8-5-12-27(16-23)35-21(3)41)33-31-39-37-29(43-31)25-10-7-11-26(18-25)30-38-40-32(44-30)34-20(2)15-24-9-6-13-28(17-24)36-22(4)42/h5-6,8-9,12-13,16-17,25-26H,1-2,7,10-11,14-15,18H2,3-4H3,(H,33,39)(H,34,40)(H,35,41)(H,36,42)/t25-,26-/m0/s1. The predicted molar refractivity (Wildman–Crippen MR) is 178 cm³/mol. The second-order valence-electron chi connectivity index (χ2n) is 11.0. The third-order valence-electron chi connectivity index (χ3n) is 7.15. The van der Waals surface area contributed by atoms with Gasteiger partial charge in [-0.15, -0.1) is 20.4 Å². The quantitative estimate of drug-likeness (QED) is 0.131. The number of anilines is 4. The van der Waals surface area contributed by atoms with Crippen LogP contribution >= 0.6 is 22.7 Å². The molecule has 2 heterocycles. The lowest BCUT2D eigenvalue weighted by Crippen LogP contribution is -2.12. The molecule has 10 nitrogen and oxygen atoms in total. The molecule has 4 aromatic rings. The first-order chi connectivity index (χ1) is 21.2. The van der Waals surface area contributed by atoms with Gasteiger partial charge >= 0.3 is 0 Å². The monoisotopic (exact) mass is 628 g/mol. The first-order valence-corrected chi connectivity index (χ1v) is 16.1. The topological polar surface area (TPSA) is 134 Å². The number of hydrogen-bond donors (Lipinski definition) is 4. The first kappa shape index (κ1) is 31.0. The van der Waals surface area contributed by atoms with E-state index in [1.165, 1.54) is 13.8 Å². The molecule has 1 fully saturated rings. The smallest absolute Gasteiger partial charge is 0.221 e. The van der Waals surface area contributed by atoms with Gasteiger partial charge in [0.25, 0.3) is 0 Å². The molecule has 44 heavy (non-hydrogen) atoms. The molecule has 1 saturated carbocycles. The minimum Gasteiger partial charge on any atom is -0.334 e. The number of allylic oxidation sites excluding steroid dienone is 2. The van der Waals surface area contributed by atoms with Crippen molar-refractivity contribution in [3.05, 3.63) is 94.2 Å². The Morgan fingerprint density at radius 2 is 1.18 bits per heavy atom. The van der Waals surface area contributed by atoms with Crippen LogP contribution in [0.1, 0.15) is 72.5 Å². The average molecular weight is 629 g/mol. The van der Waals surface area contributed by atoms with Gasteiger partial charge in [-0.3, -0.25) is 9.59 Å². The molecule has 1 aliphatic rings. The van der Waals surface area contributed by atoms with E-state index in [0.717, 1.165) is 79.9 Å². The van der Waals surface area contributed by atoms with Crippen LogP contribution in [0.2, 0.25) is 0 Å². The van der Waals surface area contributed by atoms with Crippen molar-refractivity contribution in [3.8, 4) is 0 Å². The van der Waals surface area contributed by atoms with Crippen LogP contribution in [0.15, 0.2) is 73.1 Å². The van der Waals surface area contributed by atoms with Gasteiger partial charge in [-0.2, -0.15) is 0 Å². The van der Waals surface area contributed by atoms with Gasteiger partial charge in [0.1, 0.15) is 10.0 Å². The van der Waals surface area contributed by atoms with Gasteiger partial charge in [-0.25, -0.2) is 0 Å². The van der Waals surface area contributed by atoms with Crippen LogP contribution in [0.4, 0.5) is 21.6 Å². The number of aromatic nitrogens is 4. The molecule has 0 spiro atoms. The van der Waals surface area contributed by atoms with Gasteiger partial charge in [0.15, 0.2) is 0 Å². The van der Waals surface area contributed by atoms with Crippen molar-refractivity contribution in [1.29, 1.82) is 0 Å². The Hall–Kier alpha value is -4.42. The fraction of sp³-hybridized carbons (Fsp3) is 0.312. The SMILES string of the molecule is C=C(Cc1cccc(NC(C)=O)c1)Nc1nnc([C@H]2CCC[C@H](c3nnc(NC(=C)Cc4cccc(NC(C)=O)c4)s3)C2)s1. The summed E-state index contributed by atoms with van der Waals surface area (Å²) < 4.78 is 0. The molecule has 0 unspecified atom stereocenters. The van der Waals surface area contributed by atoms with Gasteiger partial charge in [0, 0.05) is 61.3 Å². The van der Waals surface area contributed by atoms with E-state index in [1.54, 1.807) is 22.7 Å². The number of nitrogens with one attached hydrogen (secondary N) is 4. The second kappa shape index (κ2) is 14.4. The summed E-state index contributed by atoms with van der Waals surface area (Å²) in [7, 11) is 0. The van der Waals surface area contributed by atoms with Gasteiger partial charge in [-0.1, -0.05) is 66.5 Å². The van der Waals surface area contributed by atoms with Crippen LogP contribution in [0.3, 0.4) is 0 Å². The summed E-state index contributed by atoms with van der Waals surface area (Å²) in [6, 6.07) is 15.5. The molecular weight excluding hydrogens is 593 g/mol. The van der Waals surface area contributed by atoms with Crippen LogP contribution < -0.4 is 21.3 Å². The highest BCUT2D eigenvalue weighted by Crippen LogP contribution is 2.43. The zero-order valence-electron chi connectivity index (χ0n) is 24.9. The normalized spacial score (nSPS) is 16.1. The lowest BCUT2D eigenvalue weighted by molar-refractivity contribution is -0.115. The molecule has 2 aromatic heterocycles. The average Bonchev–Trinajstić information content (AvgIpc) is 3.63. The van der Waals surface area contributed by atoms with E-state index in [0.29, 0.717) is 24.7 Å². The first-order valence-electron chi connectivity index (χ1n) is 14.5. The zero-order valence-corrected chi connectivity index (χ0v) is 26.5. The maximum atomic E-state index is 11.4. The molecule has 0 radical (unpaired) electrons. The zero-order chi connectivity index (χ0) is 31.1. The van der Waals surface area contributed by atoms with Crippen molar-refractivity contribution in [2.24, 2.45) is 0 Å². The lowest BCUT2D eigenvalue weighted by Gasteiger charge is -2.25. The Labute approximate surface area is 265 Å². The Balaban J connectivity index is 1.13. The maximum absolute atomic E-state index is 11.4. The molecule has 4 N–H and O–H groups in total. The Bertz CT molecular complexity index is 1540. The number of rotatable bonds is 12. The van der Waals surface area contributed by atoms with E-state index in [9.17, 15) is 9.59 Å². The van der Waals surface area contributed by atoms with Crippen LogP contribution in [0.25, 0.3) is 0 Å². The van der Waals surface area contributed by atoms with Crippen molar-refractivity contribution < 1.29 is 9.59 Å². The number of carbonyl (C=O) groups excluding carboxylic acids is 2. The molecular formula is C32H36N8O2S2. The molecule has 5 rings (SSSR count). The summed E-state index contributed by atoms with van der Waals surface area (Å²) in [6.07, 6.45) is 5.40. The maximum Gasteiger partial charge on any atom is 0.221 e. The van der Waals surface area contributed by atoms with Crippen molar-refractivity contribution in [2.75, 3.05) is 21.3 Å². The minimum absolute atomic E-state index is 0.0986. The highest BCUT2D eigenvalue weighted by Gasteiger charge is 2.29. The predicted octanol–water partition coefficient (Wildman–Crippen LogP) is 7.08. The van der Waals surface area contributed by atoms with Crippen LogP contribution in [-0.2, 0) is 22.4 Å². The highest BCUT2D eigenvalue weighted by atomic mass is 32.1. The molecule has 2 atom stereocenters. The molecule has 0 bridgehead atoms.